The molecule has 0 aliphatic carbocycles. The molecule has 0 aromatic carbocycles. The van der Waals surface area contributed by atoms with Crippen LogP contribution in [-0.4, -0.2) is 35.0 Å². The van der Waals surface area contributed by atoms with E-state index < -0.39 is 12.0 Å². The van der Waals surface area contributed by atoms with Gasteiger partial charge in [-0.25, -0.2) is 4.79 Å². The van der Waals surface area contributed by atoms with Crippen LogP contribution in [0.4, 0.5) is 0 Å². The molecule has 0 spiro atoms. The van der Waals surface area contributed by atoms with Gasteiger partial charge in [0.05, 0.1) is 0 Å². The van der Waals surface area contributed by atoms with Gasteiger partial charge in [-0.3, -0.25) is 4.79 Å². The number of rotatable bonds is 8. The fourth-order valence-corrected chi connectivity index (χ4v) is 2.65. The summed E-state index contributed by atoms with van der Waals surface area (Å²) in [7, 11) is 0. The summed E-state index contributed by atoms with van der Waals surface area (Å²) in [4.78, 5) is 22.9. The fourth-order valence-electron chi connectivity index (χ4n) is 2.18. The monoisotopic (exact) mass is 289 g/mol. The number of thioether (sulfide) groups is 1. The Hall–Kier alpha value is -0.710. The molecule has 0 aromatic rings. The molecular formula is C14H27NO3S. The lowest BCUT2D eigenvalue weighted by molar-refractivity contribution is -0.142. The van der Waals surface area contributed by atoms with Gasteiger partial charge in [0.1, 0.15) is 6.04 Å². The molecule has 4 nitrogen and oxygen atoms in total. The van der Waals surface area contributed by atoms with Crippen LogP contribution in [0.1, 0.15) is 47.0 Å². The van der Waals surface area contributed by atoms with Crippen LogP contribution in [-0.2, 0) is 9.59 Å². The summed E-state index contributed by atoms with van der Waals surface area (Å²) in [6.07, 6.45) is 3.73. The SMILES string of the molecule is CSCC[C@@H](NC(=O)CC(C)CC(C)(C)C)C(=O)O. The number of carboxylic acid groups (broad SMARTS) is 1. The van der Waals surface area contributed by atoms with E-state index in [-0.39, 0.29) is 17.2 Å². The van der Waals surface area contributed by atoms with Crippen molar-refractivity contribution in [3.8, 4) is 0 Å². The number of carboxylic acids is 1. The minimum absolute atomic E-state index is 0.162. The number of nitrogens with one attached hydrogen (secondary N) is 1. The minimum Gasteiger partial charge on any atom is -0.480 e. The molecule has 5 heteroatoms. The quantitative estimate of drug-likeness (QED) is 0.721. The smallest absolute Gasteiger partial charge is 0.326 e. The van der Waals surface area contributed by atoms with Gasteiger partial charge in [0.25, 0.3) is 0 Å². The molecule has 1 unspecified atom stereocenters. The highest BCUT2D eigenvalue weighted by Gasteiger charge is 2.22. The molecule has 0 fully saturated rings. The van der Waals surface area contributed by atoms with Gasteiger partial charge in [0.15, 0.2) is 0 Å². The Kier molecular flexibility index (Phi) is 8.14. The molecule has 0 radical (unpaired) electrons. The third kappa shape index (κ3) is 9.82. The van der Waals surface area contributed by atoms with Gasteiger partial charge in [0.2, 0.25) is 5.91 Å². The maximum Gasteiger partial charge on any atom is 0.326 e. The Morgan fingerprint density at radius 1 is 1.32 bits per heavy atom. The summed E-state index contributed by atoms with van der Waals surface area (Å²) in [6.45, 7) is 8.45. The Balaban J connectivity index is 4.22. The number of aliphatic carboxylic acids is 1. The van der Waals surface area contributed by atoms with Gasteiger partial charge in [-0.1, -0.05) is 27.7 Å². The van der Waals surface area contributed by atoms with Crippen molar-refractivity contribution in [2.24, 2.45) is 11.3 Å². The third-order valence-corrected chi connectivity index (χ3v) is 3.38. The van der Waals surface area contributed by atoms with Gasteiger partial charge in [0, 0.05) is 6.42 Å². The third-order valence-electron chi connectivity index (χ3n) is 2.74. The maximum absolute atomic E-state index is 11.8. The van der Waals surface area contributed by atoms with E-state index in [1.165, 1.54) is 0 Å². The summed E-state index contributed by atoms with van der Waals surface area (Å²) in [6, 6.07) is -0.762. The van der Waals surface area contributed by atoms with Gasteiger partial charge >= 0.3 is 5.97 Å². The van der Waals surface area contributed by atoms with Crippen LogP contribution in [0.25, 0.3) is 0 Å². The molecule has 0 rings (SSSR count). The van der Waals surface area contributed by atoms with Crippen molar-refractivity contribution in [3.63, 3.8) is 0 Å². The zero-order valence-corrected chi connectivity index (χ0v) is 13.5. The number of carbonyl (C=O) groups excluding carboxylic acids is 1. The van der Waals surface area contributed by atoms with Crippen LogP contribution in [0, 0.1) is 11.3 Å². The van der Waals surface area contributed by atoms with E-state index in [2.05, 4.69) is 26.1 Å². The van der Waals surface area contributed by atoms with Crippen molar-refractivity contribution in [3.05, 3.63) is 0 Å². The van der Waals surface area contributed by atoms with E-state index in [0.717, 1.165) is 12.2 Å². The molecule has 0 aromatic heterocycles. The highest BCUT2D eigenvalue weighted by molar-refractivity contribution is 7.98. The molecule has 0 saturated heterocycles. The second-order valence-corrected chi connectivity index (χ2v) is 7.30. The molecular weight excluding hydrogens is 262 g/mol. The number of amides is 1. The lowest BCUT2D eigenvalue weighted by Gasteiger charge is -2.23. The predicted octanol–water partition coefficient (Wildman–Crippen LogP) is 2.77. The summed E-state index contributed by atoms with van der Waals surface area (Å²) in [5.41, 5.74) is 0.185. The maximum atomic E-state index is 11.8. The van der Waals surface area contributed by atoms with E-state index in [9.17, 15) is 9.59 Å². The van der Waals surface area contributed by atoms with E-state index in [1.807, 2.05) is 13.2 Å². The normalized spacial score (nSPS) is 14.8. The molecule has 2 atom stereocenters. The predicted molar refractivity (Wildman–Crippen MR) is 80.4 cm³/mol. The molecule has 2 N–H and O–H groups in total. The summed E-state index contributed by atoms with van der Waals surface area (Å²) < 4.78 is 0. The average Bonchev–Trinajstić information content (AvgIpc) is 2.20. The van der Waals surface area contributed by atoms with Gasteiger partial charge in [-0.2, -0.15) is 11.8 Å². The molecule has 19 heavy (non-hydrogen) atoms. The first-order valence-corrected chi connectivity index (χ1v) is 8.06. The topological polar surface area (TPSA) is 66.4 Å². The van der Waals surface area contributed by atoms with Crippen molar-refractivity contribution >= 4 is 23.6 Å². The molecule has 1 amide bonds. The van der Waals surface area contributed by atoms with Crippen LogP contribution < -0.4 is 5.32 Å². The van der Waals surface area contributed by atoms with Gasteiger partial charge in [-0.05, 0) is 36.2 Å². The van der Waals surface area contributed by atoms with E-state index >= 15 is 0 Å². The van der Waals surface area contributed by atoms with Crippen molar-refractivity contribution in [2.75, 3.05) is 12.0 Å². The van der Waals surface area contributed by atoms with Crippen LogP contribution in [0.2, 0.25) is 0 Å². The van der Waals surface area contributed by atoms with Crippen LogP contribution in [0.5, 0.6) is 0 Å². The molecule has 112 valence electrons. The molecule has 0 aliphatic rings. The number of hydrogen-bond donors (Lipinski definition) is 2. The average molecular weight is 289 g/mol. The number of carbonyl (C=O) groups is 2. The molecule has 0 saturated carbocycles. The second kappa shape index (κ2) is 8.46. The van der Waals surface area contributed by atoms with Gasteiger partial charge < -0.3 is 10.4 Å². The van der Waals surface area contributed by atoms with Crippen molar-refractivity contribution in [2.45, 2.75) is 53.0 Å². The minimum atomic E-state index is -0.953. The largest absolute Gasteiger partial charge is 0.480 e. The first-order valence-electron chi connectivity index (χ1n) is 6.67. The van der Waals surface area contributed by atoms with Crippen molar-refractivity contribution in [1.29, 1.82) is 0 Å². The number of hydrogen-bond acceptors (Lipinski definition) is 3. The molecule has 0 heterocycles. The van der Waals surface area contributed by atoms with Crippen molar-refractivity contribution in [1.82, 2.24) is 5.32 Å². The standard InChI is InChI=1S/C14H27NO3S/c1-10(9-14(2,3)4)8-12(16)15-11(13(17)18)6-7-19-5/h10-11H,6-9H2,1-5H3,(H,15,16)(H,17,18)/t10?,11-/m1/s1. The van der Waals surface area contributed by atoms with E-state index in [0.29, 0.717) is 12.8 Å². The highest BCUT2D eigenvalue weighted by Crippen LogP contribution is 2.25. The van der Waals surface area contributed by atoms with Crippen molar-refractivity contribution < 1.29 is 14.7 Å². The Labute approximate surface area is 120 Å². The zero-order valence-electron chi connectivity index (χ0n) is 12.7. The van der Waals surface area contributed by atoms with Crippen LogP contribution in [0.15, 0.2) is 0 Å². The summed E-state index contributed by atoms with van der Waals surface area (Å²) in [5, 5.41) is 11.7. The Morgan fingerprint density at radius 2 is 1.89 bits per heavy atom. The summed E-state index contributed by atoms with van der Waals surface area (Å²) >= 11 is 1.58. The van der Waals surface area contributed by atoms with E-state index in [4.69, 9.17) is 5.11 Å². The van der Waals surface area contributed by atoms with Crippen LogP contribution in [0.3, 0.4) is 0 Å². The first kappa shape index (κ1) is 18.3. The summed E-state index contributed by atoms with van der Waals surface area (Å²) in [5.74, 6) is -0.124. The van der Waals surface area contributed by atoms with Crippen LogP contribution >= 0.6 is 11.8 Å². The lowest BCUT2D eigenvalue weighted by Crippen LogP contribution is -2.41. The Bertz CT molecular complexity index is 300. The molecule has 0 aliphatic heterocycles. The van der Waals surface area contributed by atoms with E-state index in [1.54, 1.807) is 11.8 Å². The zero-order chi connectivity index (χ0) is 15.1. The first-order chi connectivity index (χ1) is 8.65. The highest BCUT2D eigenvalue weighted by atomic mass is 32.2. The second-order valence-electron chi connectivity index (χ2n) is 6.31. The molecule has 0 bridgehead atoms. The fraction of sp³-hybridized carbons (Fsp3) is 0.857. The lowest BCUT2D eigenvalue weighted by atomic mass is 9.84. The van der Waals surface area contributed by atoms with Gasteiger partial charge in [-0.15, -0.1) is 0 Å². The Morgan fingerprint density at radius 3 is 2.32 bits per heavy atom.